The molecular weight excluding hydrogens is 242 g/mol. The molecule has 2 N–H and O–H groups in total. The van der Waals surface area contributed by atoms with Crippen LogP contribution in [-0.4, -0.2) is 12.1 Å². The SMILES string of the molecule is COc1cccnc1Oc1cc(F)c(N)cc1F. The van der Waals surface area contributed by atoms with Gasteiger partial charge in [-0.1, -0.05) is 0 Å². The lowest BCUT2D eigenvalue weighted by molar-refractivity contribution is 0.360. The lowest BCUT2D eigenvalue weighted by Gasteiger charge is -2.09. The summed E-state index contributed by atoms with van der Waals surface area (Å²) in [5, 5.41) is 0. The number of benzene rings is 1. The summed E-state index contributed by atoms with van der Waals surface area (Å²) >= 11 is 0. The minimum atomic E-state index is -0.776. The Bertz CT molecular complexity index is 576. The van der Waals surface area contributed by atoms with Crippen LogP contribution in [0.3, 0.4) is 0 Å². The van der Waals surface area contributed by atoms with E-state index in [1.807, 2.05) is 0 Å². The van der Waals surface area contributed by atoms with Crippen LogP contribution in [0.15, 0.2) is 30.5 Å². The van der Waals surface area contributed by atoms with Gasteiger partial charge in [-0.2, -0.15) is 0 Å². The zero-order valence-electron chi connectivity index (χ0n) is 9.48. The number of hydrogen-bond acceptors (Lipinski definition) is 4. The van der Waals surface area contributed by atoms with E-state index in [1.54, 1.807) is 12.1 Å². The van der Waals surface area contributed by atoms with Crippen LogP contribution in [0.1, 0.15) is 0 Å². The monoisotopic (exact) mass is 252 g/mol. The second kappa shape index (κ2) is 4.87. The lowest BCUT2D eigenvalue weighted by Crippen LogP contribution is -1.97. The Labute approximate surface area is 102 Å². The number of rotatable bonds is 3. The average Bonchev–Trinajstić information content (AvgIpc) is 2.36. The number of aromatic nitrogens is 1. The Morgan fingerprint density at radius 2 is 1.94 bits per heavy atom. The molecule has 0 spiro atoms. The molecule has 0 aliphatic carbocycles. The quantitative estimate of drug-likeness (QED) is 0.853. The summed E-state index contributed by atoms with van der Waals surface area (Å²) in [7, 11) is 1.42. The number of anilines is 1. The summed E-state index contributed by atoms with van der Waals surface area (Å²) in [6.45, 7) is 0. The third-order valence-electron chi connectivity index (χ3n) is 2.21. The van der Waals surface area contributed by atoms with Gasteiger partial charge >= 0.3 is 0 Å². The maximum absolute atomic E-state index is 13.5. The van der Waals surface area contributed by atoms with Gasteiger partial charge in [0.25, 0.3) is 5.88 Å². The summed E-state index contributed by atoms with van der Waals surface area (Å²) in [6, 6.07) is 4.93. The van der Waals surface area contributed by atoms with E-state index in [4.69, 9.17) is 15.2 Å². The average molecular weight is 252 g/mol. The molecule has 0 bridgehead atoms. The van der Waals surface area contributed by atoms with Gasteiger partial charge in [0.15, 0.2) is 17.3 Å². The van der Waals surface area contributed by atoms with Crippen LogP contribution < -0.4 is 15.2 Å². The van der Waals surface area contributed by atoms with E-state index in [1.165, 1.54) is 13.3 Å². The molecule has 2 rings (SSSR count). The zero-order valence-corrected chi connectivity index (χ0v) is 9.48. The van der Waals surface area contributed by atoms with Crippen LogP contribution in [0, 0.1) is 11.6 Å². The lowest BCUT2D eigenvalue weighted by atomic mass is 10.3. The first kappa shape index (κ1) is 12.1. The molecule has 0 atom stereocenters. The van der Waals surface area contributed by atoms with Gasteiger partial charge in [-0.15, -0.1) is 0 Å². The second-order valence-electron chi connectivity index (χ2n) is 3.42. The first-order chi connectivity index (χ1) is 8.61. The van der Waals surface area contributed by atoms with Gasteiger partial charge in [0.05, 0.1) is 12.8 Å². The Morgan fingerprint density at radius 3 is 2.67 bits per heavy atom. The number of nitrogen functional groups attached to an aromatic ring is 1. The number of methoxy groups -OCH3 is 1. The molecule has 0 aliphatic rings. The van der Waals surface area contributed by atoms with E-state index >= 15 is 0 Å². The topological polar surface area (TPSA) is 57.4 Å². The Kier molecular flexibility index (Phi) is 3.27. The highest BCUT2D eigenvalue weighted by Gasteiger charge is 2.13. The third-order valence-corrected chi connectivity index (χ3v) is 2.21. The molecule has 0 amide bonds. The van der Waals surface area contributed by atoms with E-state index in [0.29, 0.717) is 5.75 Å². The number of ether oxygens (including phenoxy) is 2. The minimum Gasteiger partial charge on any atom is -0.491 e. The van der Waals surface area contributed by atoms with Gasteiger partial charge < -0.3 is 15.2 Å². The predicted molar refractivity (Wildman–Crippen MR) is 61.6 cm³/mol. The van der Waals surface area contributed by atoms with E-state index in [0.717, 1.165) is 12.1 Å². The van der Waals surface area contributed by atoms with Crippen molar-refractivity contribution in [3.05, 3.63) is 42.1 Å². The van der Waals surface area contributed by atoms with Crippen molar-refractivity contribution in [3.8, 4) is 17.4 Å². The van der Waals surface area contributed by atoms with Crippen LogP contribution >= 0.6 is 0 Å². The van der Waals surface area contributed by atoms with Gasteiger partial charge in [0.2, 0.25) is 0 Å². The van der Waals surface area contributed by atoms with Crippen molar-refractivity contribution in [3.63, 3.8) is 0 Å². The minimum absolute atomic E-state index is 0.0445. The Morgan fingerprint density at radius 1 is 1.17 bits per heavy atom. The Balaban J connectivity index is 2.37. The molecule has 0 radical (unpaired) electrons. The molecule has 1 aromatic carbocycles. The highest BCUT2D eigenvalue weighted by Crippen LogP contribution is 2.31. The van der Waals surface area contributed by atoms with E-state index < -0.39 is 11.6 Å². The van der Waals surface area contributed by atoms with Crippen molar-refractivity contribution in [1.29, 1.82) is 0 Å². The second-order valence-corrected chi connectivity index (χ2v) is 3.42. The third kappa shape index (κ3) is 2.32. The molecule has 2 aromatic rings. The van der Waals surface area contributed by atoms with E-state index in [9.17, 15) is 8.78 Å². The molecule has 0 saturated carbocycles. The van der Waals surface area contributed by atoms with Crippen molar-refractivity contribution < 1.29 is 18.3 Å². The molecule has 4 nitrogen and oxygen atoms in total. The standard InChI is InChI=1S/C12H10F2N2O2/c1-17-10-3-2-4-16-12(10)18-11-6-7(13)9(15)5-8(11)14/h2-6H,15H2,1H3. The fourth-order valence-electron chi connectivity index (χ4n) is 1.33. The van der Waals surface area contributed by atoms with Gasteiger partial charge in [-0.05, 0) is 12.1 Å². The highest BCUT2D eigenvalue weighted by atomic mass is 19.1. The van der Waals surface area contributed by atoms with Gasteiger partial charge in [0, 0.05) is 18.3 Å². The molecule has 1 heterocycles. The largest absolute Gasteiger partial charge is 0.491 e. The van der Waals surface area contributed by atoms with Gasteiger partial charge in [-0.25, -0.2) is 13.8 Å². The molecule has 0 unspecified atom stereocenters. The summed E-state index contributed by atoms with van der Waals surface area (Å²) in [5.74, 6) is -1.49. The fraction of sp³-hybridized carbons (Fsp3) is 0.0833. The van der Waals surface area contributed by atoms with E-state index in [2.05, 4.69) is 4.98 Å². The normalized spacial score (nSPS) is 10.2. The maximum Gasteiger partial charge on any atom is 0.262 e. The summed E-state index contributed by atoms with van der Waals surface area (Å²) < 4.78 is 36.9. The summed E-state index contributed by atoms with van der Waals surface area (Å²) in [6.07, 6.45) is 1.45. The molecule has 94 valence electrons. The highest BCUT2D eigenvalue weighted by molar-refractivity contribution is 5.46. The molecule has 6 heteroatoms. The number of nitrogens with two attached hydrogens (primary N) is 1. The Hall–Kier alpha value is -2.37. The van der Waals surface area contributed by atoms with Crippen molar-refractivity contribution in [2.75, 3.05) is 12.8 Å². The molecular formula is C12H10F2N2O2. The molecule has 0 aliphatic heterocycles. The predicted octanol–water partition coefficient (Wildman–Crippen LogP) is 2.74. The molecule has 1 aromatic heterocycles. The smallest absolute Gasteiger partial charge is 0.262 e. The van der Waals surface area contributed by atoms with Crippen molar-refractivity contribution in [2.45, 2.75) is 0 Å². The number of halogens is 2. The van der Waals surface area contributed by atoms with E-state index in [-0.39, 0.29) is 17.3 Å². The van der Waals surface area contributed by atoms with Crippen molar-refractivity contribution in [1.82, 2.24) is 4.98 Å². The van der Waals surface area contributed by atoms with Crippen LogP contribution in [0.2, 0.25) is 0 Å². The van der Waals surface area contributed by atoms with Crippen LogP contribution in [0.5, 0.6) is 17.4 Å². The number of pyridine rings is 1. The zero-order chi connectivity index (χ0) is 13.1. The van der Waals surface area contributed by atoms with Crippen LogP contribution in [0.25, 0.3) is 0 Å². The molecule has 18 heavy (non-hydrogen) atoms. The molecule has 0 saturated heterocycles. The van der Waals surface area contributed by atoms with Gasteiger partial charge in [-0.3, -0.25) is 0 Å². The number of nitrogens with zero attached hydrogens (tertiary/aromatic N) is 1. The fourth-order valence-corrected chi connectivity index (χ4v) is 1.33. The molecule has 0 fully saturated rings. The first-order valence-corrected chi connectivity index (χ1v) is 5.03. The maximum atomic E-state index is 13.5. The summed E-state index contributed by atoms with van der Waals surface area (Å²) in [4.78, 5) is 3.87. The first-order valence-electron chi connectivity index (χ1n) is 5.03. The van der Waals surface area contributed by atoms with Crippen molar-refractivity contribution in [2.24, 2.45) is 0 Å². The van der Waals surface area contributed by atoms with Gasteiger partial charge in [0.1, 0.15) is 5.82 Å². The van der Waals surface area contributed by atoms with Crippen molar-refractivity contribution >= 4 is 5.69 Å². The summed E-state index contributed by atoms with van der Waals surface area (Å²) in [5.41, 5.74) is 4.94. The van der Waals surface area contributed by atoms with Crippen LogP contribution in [0.4, 0.5) is 14.5 Å². The number of hydrogen-bond donors (Lipinski definition) is 1. The van der Waals surface area contributed by atoms with Crippen LogP contribution in [-0.2, 0) is 0 Å².